The molecule has 0 fully saturated rings. The van der Waals surface area contributed by atoms with Crippen LogP contribution in [0.25, 0.3) is 0 Å². The Kier molecular flexibility index (Phi) is 14.6. The lowest BCUT2D eigenvalue weighted by atomic mass is 9.84. The second-order valence-electron chi connectivity index (χ2n) is 6.05. The Bertz CT molecular complexity index is 168. The van der Waals surface area contributed by atoms with E-state index in [0.29, 0.717) is 5.41 Å². The van der Waals surface area contributed by atoms with Gasteiger partial charge in [0.25, 0.3) is 0 Å². The molecule has 0 aliphatic carbocycles. The van der Waals surface area contributed by atoms with E-state index in [9.17, 15) is 0 Å². The summed E-state index contributed by atoms with van der Waals surface area (Å²) < 4.78 is 0. The maximum atomic E-state index is 3.69. The third-order valence-corrected chi connectivity index (χ3v) is 6.76. The second kappa shape index (κ2) is 13.9. The Hall–Kier alpha value is 0.960. The zero-order valence-corrected chi connectivity index (χ0v) is 16.3. The molecule has 0 atom stereocenters. The normalized spacial score (nSPS) is 12.0. The molecule has 0 saturated carbocycles. The molecular weight excluding hydrogens is 364 g/mol. The molecule has 0 spiro atoms. The van der Waals surface area contributed by atoms with E-state index in [0.717, 1.165) is 10.7 Å². The minimum Gasteiger partial charge on any atom is -0.0922 e. The summed E-state index contributed by atoms with van der Waals surface area (Å²) in [5, 5.41) is 2.28. The Morgan fingerprint density at radius 3 is 1.42 bits per heavy atom. The molecule has 0 unspecified atom stereocenters. The Labute approximate surface area is 138 Å². The smallest absolute Gasteiger partial charge is 0.00958 e. The Balaban J connectivity index is 3.35. The highest BCUT2D eigenvalue weighted by atomic mass is 79.9. The molecule has 0 rings (SSSR count). The predicted molar refractivity (Wildman–Crippen MR) is 96.8 cm³/mol. The topological polar surface area (TPSA) is 0 Å². The van der Waals surface area contributed by atoms with Gasteiger partial charge in [0.15, 0.2) is 0 Å². The molecule has 0 radical (unpaired) electrons. The van der Waals surface area contributed by atoms with Crippen molar-refractivity contribution in [1.82, 2.24) is 0 Å². The van der Waals surface area contributed by atoms with E-state index in [4.69, 9.17) is 0 Å². The van der Waals surface area contributed by atoms with Gasteiger partial charge in [0.1, 0.15) is 0 Å². The van der Waals surface area contributed by atoms with Gasteiger partial charge in [0, 0.05) is 10.7 Å². The van der Waals surface area contributed by atoms with Crippen molar-refractivity contribution in [2.24, 2.45) is 5.41 Å². The van der Waals surface area contributed by atoms with Crippen LogP contribution in [0.2, 0.25) is 0 Å². The number of hydrogen-bond acceptors (Lipinski definition) is 0. The first-order valence-corrected chi connectivity index (χ1v) is 10.6. The van der Waals surface area contributed by atoms with Crippen molar-refractivity contribution in [3.05, 3.63) is 0 Å². The Morgan fingerprint density at radius 2 is 1.05 bits per heavy atom. The van der Waals surface area contributed by atoms with Gasteiger partial charge in [0.05, 0.1) is 0 Å². The first-order valence-electron chi connectivity index (χ1n) is 8.36. The monoisotopic (exact) mass is 396 g/mol. The molecule has 0 saturated heterocycles. The summed E-state index contributed by atoms with van der Waals surface area (Å²) in [6.45, 7) is 4.61. The summed E-state index contributed by atoms with van der Waals surface area (Å²) in [6.07, 6.45) is 17.0. The molecule has 0 aliphatic heterocycles. The third kappa shape index (κ3) is 10.3. The van der Waals surface area contributed by atoms with E-state index in [1.807, 2.05) is 0 Å². The van der Waals surface area contributed by atoms with Crippen LogP contribution in [0.1, 0.15) is 90.9 Å². The minimum absolute atomic E-state index is 0.500. The van der Waals surface area contributed by atoms with E-state index in [2.05, 4.69) is 45.7 Å². The maximum absolute atomic E-state index is 3.69. The first-order chi connectivity index (χ1) is 9.24. The minimum atomic E-state index is 0.500. The fourth-order valence-corrected chi connectivity index (χ4v) is 4.80. The van der Waals surface area contributed by atoms with Crippen LogP contribution in [-0.4, -0.2) is 10.7 Å². The van der Waals surface area contributed by atoms with Crippen molar-refractivity contribution in [2.45, 2.75) is 90.9 Å². The van der Waals surface area contributed by atoms with Crippen molar-refractivity contribution in [3.8, 4) is 0 Å². The molecular formula is C17H34Br2. The number of rotatable bonds is 14. The highest BCUT2D eigenvalue weighted by molar-refractivity contribution is 9.09. The van der Waals surface area contributed by atoms with Crippen LogP contribution >= 0.6 is 31.9 Å². The van der Waals surface area contributed by atoms with Crippen molar-refractivity contribution in [3.63, 3.8) is 0 Å². The lowest BCUT2D eigenvalue weighted by molar-refractivity contribution is 0.328. The fourth-order valence-electron chi connectivity index (χ4n) is 2.52. The van der Waals surface area contributed by atoms with E-state index in [1.54, 1.807) is 0 Å². The number of alkyl halides is 2. The summed E-state index contributed by atoms with van der Waals surface area (Å²) >= 11 is 7.37. The largest absolute Gasteiger partial charge is 0.0922 e. The van der Waals surface area contributed by atoms with Gasteiger partial charge < -0.3 is 0 Å². The zero-order valence-electron chi connectivity index (χ0n) is 13.2. The third-order valence-electron chi connectivity index (χ3n) is 4.38. The summed E-state index contributed by atoms with van der Waals surface area (Å²) in [4.78, 5) is 0. The van der Waals surface area contributed by atoms with Crippen molar-refractivity contribution < 1.29 is 0 Å². The summed E-state index contributed by atoms with van der Waals surface area (Å²) in [5.41, 5.74) is 0.500. The van der Waals surface area contributed by atoms with Gasteiger partial charge in [0.2, 0.25) is 0 Å². The first kappa shape index (κ1) is 20.0. The van der Waals surface area contributed by atoms with E-state index < -0.39 is 0 Å². The van der Waals surface area contributed by atoms with E-state index in [-0.39, 0.29) is 0 Å². The Morgan fingerprint density at radius 1 is 0.632 bits per heavy atom. The van der Waals surface area contributed by atoms with Crippen molar-refractivity contribution >= 4 is 31.9 Å². The zero-order chi connectivity index (χ0) is 14.4. The molecule has 0 aliphatic rings. The highest BCUT2D eigenvalue weighted by Crippen LogP contribution is 2.33. The molecule has 0 aromatic heterocycles. The lowest BCUT2D eigenvalue weighted by Gasteiger charge is -2.28. The summed E-state index contributed by atoms with van der Waals surface area (Å²) in [5.74, 6) is 0. The molecule has 0 aromatic rings. The highest BCUT2D eigenvalue weighted by Gasteiger charge is 2.24. The van der Waals surface area contributed by atoms with Gasteiger partial charge in [-0.1, -0.05) is 110 Å². The molecule has 19 heavy (non-hydrogen) atoms. The lowest BCUT2D eigenvalue weighted by Crippen LogP contribution is -2.23. The summed E-state index contributed by atoms with van der Waals surface area (Å²) in [7, 11) is 0. The van der Waals surface area contributed by atoms with E-state index >= 15 is 0 Å². The van der Waals surface area contributed by atoms with Gasteiger partial charge in [-0.15, -0.1) is 0 Å². The van der Waals surface area contributed by atoms with Gasteiger partial charge in [-0.25, -0.2) is 0 Å². The molecule has 0 amide bonds. The van der Waals surface area contributed by atoms with Crippen LogP contribution in [-0.2, 0) is 0 Å². The van der Waals surface area contributed by atoms with Crippen LogP contribution in [0, 0.1) is 5.41 Å². The number of unbranched alkanes of at least 4 members (excludes halogenated alkanes) is 9. The van der Waals surface area contributed by atoms with Crippen LogP contribution < -0.4 is 0 Å². The van der Waals surface area contributed by atoms with Crippen molar-refractivity contribution in [2.75, 3.05) is 10.7 Å². The van der Waals surface area contributed by atoms with Crippen LogP contribution in [0.3, 0.4) is 0 Å². The molecule has 0 heterocycles. The van der Waals surface area contributed by atoms with E-state index in [1.165, 1.54) is 77.0 Å². The van der Waals surface area contributed by atoms with Gasteiger partial charge >= 0.3 is 0 Å². The number of halogens is 2. The molecule has 0 aromatic carbocycles. The standard InChI is InChI=1S/C17H34Br2/c1-3-5-6-7-8-9-10-11-12-13-14-17(4-2,15-18)16-19/h3-16H2,1-2H3. The quantitative estimate of drug-likeness (QED) is 0.210. The summed E-state index contributed by atoms with van der Waals surface area (Å²) in [6, 6.07) is 0. The average Bonchev–Trinajstić information content (AvgIpc) is 2.46. The SMILES string of the molecule is CCCCCCCCCCCCC(CC)(CBr)CBr. The van der Waals surface area contributed by atoms with Gasteiger partial charge in [-0.2, -0.15) is 0 Å². The maximum Gasteiger partial charge on any atom is 0.00958 e. The average molecular weight is 398 g/mol. The fraction of sp³-hybridized carbons (Fsp3) is 1.00. The molecule has 0 bridgehead atoms. The van der Waals surface area contributed by atoms with Gasteiger partial charge in [-0.3, -0.25) is 0 Å². The van der Waals surface area contributed by atoms with Crippen LogP contribution in [0.5, 0.6) is 0 Å². The van der Waals surface area contributed by atoms with Gasteiger partial charge in [-0.05, 0) is 18.3 Å². The number of hydrogen-bond donors (Lipinski definition) is 0. The predicted octanol–water partition coefficient (Wildman–Crippen LogP) is 7.48. The molecule has 2 heteroatoms. The second-order valence-corrected chi connectivity index (χ2v) is 7.17. The van der Waals surface area contributed by atoms with Crippen LogP contribution in [0.15, 0.2) is 0 Å². The molecule has 0 N–H and O–H groups in total. The molecule has 116 valence electrons. The van der Waals surface area contributed by atoms with Crippen LogP contribution in [0.4, 0.5) is 0 Å². The van der Waals surface area contributed by atoms with Crippen molar-refractivity contribution in [1.29, 1.82) is 0 Å². The molecule has 0 nitrogen and oxygen atoms in total.